The quantitative estimate of drug-likeness (QED) is 0.846. The lowest BCUT2D eigenvalue weighted by Gasteiger charge is -2.22. The number of hydrogen-bond donors (Lipinski definition) is 2. The van der Waals surface area contributed by atoms with Gasteiger partial charge in [-0.3, -0.25) is 14.4 Å². The van der Waals surface area contributed by atoms with E-state index in [1.807, 2.05) is 30.3 Å². The number of ether oxygens (including phenoxy) is 1. The summed E-state index contributed by atoms with van der Waals surface area (Å²) in [6.45, 7) is -0.0404. The first-order valence-corrected chi connectivity index (χ1v) is 8.56. The van der Waals surface area contributed by atoms with Gasteiger partial charge in [0.25, 0.3) is 11.8 Å². The molecule has 0 bridgehead atoms. The molecule has 0 saturated carbocycles. The molecule has 27 heavy (non-hydrogen) atoms. The van der Waals surface area contributed by atoms with Crippen molar-refractivity contribution in [1.82, 2.24) is 10.2 Å². The molecule has 140 valence electrons. The van der Waals surface area contributed by atoms with Gasteiger partial charge < -0.3 is 20.3 Å². The first-order valence-electron chi connectivity index (χ1n) is 8.56. The summed E-state index contributed by atoms with van der Waals surface area (Å²) in [5.74, 6) is -0.166. The largest absolute Gasteiger partial charge is 0.482 e. The lowest BCUT2D eigenvalue weighted by molar-refractivity contribution is -0.129. The van der Waals surface area contributed by atoms with Crippen molar-refractivity contribution < 1.29 is 19.1 Å². The summed E-state index contributed by atoms with van der Waals surface area (Å²) in [5, 5.41) is 5.60. The van der Waals surface area contributed by atoms with E-state index in [1.165, 1.54) is 4.90 Å². The van der Waals surface area contributed by atoms with E-state index in [2.05, 4.69) is 10.6 Å². The zero-order valence-corrected chi connectivity index (χ0v) is 15.2. The molecule has 7 heteroatoms. The molecule has 3 amide bonds. The fourth-order valence-corrected chi connectivity index (χ4v) is 2.76. The van der Waals surface area contributed by atoms with Gasteiger partial charge in [-0.25, -0.2) is 0 Å². The van der Waals surface area contributed by atoms with Crippen LogP contribution in [-0.4, -0.2) is 43.3 Å². The first-order chi connectivity index (χ1) is 12.9. The summed E-state index contributed by atoms with van der Waals surface area (Å²) in [4.78, 5) is 37.9. The summed E-state index contributed by atoms with van der Waals surface area (Å²) in [5.41, 5.74) is 1.67. The van der Waals surface area contributed by atoms with Crippen molar-refractivity contribution >= 4 is 23.4 Å². The van der Waals surface area contributed by atoms with Crippen LogP contribution in [0.3, 0.4) is 0 Å². The Morgan fingerprint density at radius 2 is 1.93 bits per heavy atom. The smallest absolute Gasteiger partial charge is 0.262 e. The third-order valence-corrected chi connectivity index (χ3v) is 4.26. The molecule has 2 N–H and O–H groups in total. The van der Waals surface area contributed by atoms with Gasteiger partial charge in [-0.15, -0.1) is 0 Å². The van der Waals surface area contributed by atoms with E-state index in [9.17, 15) is 14.4 Å². The molecule has 0 fully saturated rings. The molecule has 1 aliphatic heterocycles. The Labute approximate surface area is 157 Å². The van der Waals surface area contributed by atoms with Crippen LogP contribution >= 0.6 is 0 Å². The van der Waals surface area contributed by atoms with Crippen LogP contribution in [0.5, 0.6) is 5.75 Å². The molecule has 2 aromatic rings. The van der Waals surface area contributed by atoms with Crippen molar-refractivity contribution in [2.45, 2.75) is 12.5 Å². The number of carbonyl (C=O) groups is 3. The molecule has 7 nitrogen and oxygen atoms in total. The third-order valence-electron chi connectivity index (χ3n) is 4.26. The van der Waals surface area contributed by atoms with E-state index in [4.69, 9.17) is 4.74 Å². The number of rotatable bonds is 5. The van der Waals surface area contributed by atoms with Gasteiger partial charge >= 0.3 is 0 Å². The summed E-state index contributed by atoms with van der Waals surface area (Å²) in [6, 6.07) is 13.7. The molecule has 1 atom stereocenters. The Balaban J connectivity index is 1.81. The zero-order chi connectivity index (χ0) is 19.4. The molecule has 1 heterocycles. The minimum atomic E-state index is -0.463. The van der Waals surface area contributed by atoms with Gasteiger partial charge in [-0.2, -0.15) is 0 Å². The van der Waals surface area contributed by atoms with Crippen LogP contribution in [0.25, 0.3) is 0 Å². The van der Waals surface area contributed by atoms with Crippen molar-refractivity contribution in [2.24, 2.45) is 0 Å². The molecule has 0 aromatic heterocycles. The lowest BCUT2D eigenvalue weighted by atomic mass is 10.0. The van der Waals surface area contributed by atoms with E-state index >= 15 is 0 Å². The number of carbonyl (C=O) groups excluding carboxylic acids is 3. The number of anilines is 1. The number of fused-ring (bicyclic) bond motifs is 1. The topological polar surface area (TPSA) is 87.7 Å². The van der Waals surface area contributed by atoms with Crippen LogP contribution in [0.15, 0.2) is 48.5 Å². The normalized spacial score (nSPS) is 13.6. The monoisotopic (exact) mass is 367 g/mol. The van der Waals surface area contributed by atoms with Crippen molar-refractivity contribution in [1.29, 1.82) is 0 Å². The van der Waals surface area contributed by atoms with E-state index in [-0.39, 0.29) is 30.7 Å². The molecular formula is C20H21N3O4. The second-order valence-electron chi connectivity index (χ2n) is 6.48. The average molecular weight is 367 g/mol. The van der Waals surface area contributed by atoms with Gasteiger partial charge in [-0.1, -0.05) is 30.3 Å². The van der Waals surface area contributed by atoms with E-state index in [1.54, 1.807) is 32.3 Å². The third kappa shape index (κ3) is 4.44. The fourth-order valence-electron chi connectivity index (χ4n) is 2.76. The van der Waals surface area contributed by atoms with E-state index < -0.39 is 6.04 Å². The SMILES string of the molecule is CN(C)C(=O)C[C@@H](NC(=O)c1ccc2c(c1)NC(=O)CO2)c1ccccc1. The minimum Gasteiger partial charge on any atom is -0.482 e. The predicted molar refractivity (Wildman–Crippen MR) is 101 cm³/mol. The van der Waals surface area contributed by atoms with Gasteiger partial charge in [0.2, 0.25) is 5.91 Å². The second kappa shape index (κ2) is 7.90. The number of nitrogens with zero attached hydrogens (tertiary/aromatic N) is 1. The molecule has 0 spiro atoms. The molecule has 0 aliphatic carbocycles. The Hall–Kier alpha value is -3.35. The molecule has 0 radical (unpaired) electrons. The zero-order valence-electron chi connectivity index (χ0n) is 15.2. The maximum absolute atomic E-state index is 12.8. The second-order valence-corrected chi connectivity index (χ2v) is 6.48. The molecule has 2 aromatic carbocycles. The Morgan fingerprint density at radius 1 is 1.19 bits per heavy atom. The first kappa shape index (κ1) is 18.4. The van der Waals surface area contributed by atoms with Gasteiger partial charge in [0, 0.05) is 19.7 Å². The summed E-state index contributed by atoms with van der Waals surface area (Å²) in [7, 11) is 3.36. The van der Waals surface area contributed by atoms with Crippen LogP contribution in [-0.2, 0) is 9.59 Å². The average Bonchev–Trinajstić information content (AvgIpc) is 2.67. The highest BCUT2D eigenvalue weighted by molar-refractivity contribution is 6.00. The van der Waals surface area contributed by atoms with Crippen molar-refractivity contribution in [2.75, 3.05) is 26.0 Å². The summed E-state index contributed by atoms with van der Waals surface area (Å²) < 4.78 is 5.31. The highest BCUT2D eigenvalue weighted by Gasteiger charge is 2.22. The molecule has 0 saturated heterocycles. The van der Waals surface area contributed by atoms with Crippen LogP contribution in [0, 0.1) is 0 Å². The standard InChI is InChI=1S/C20H21N3O4/c1-23(2)19(25)11-15(13-6-4-3-5-7-13)22-20(26)14-8-9-17-16(10-14)21-18(24)12-27-17/h3-10,15H,11-12H2,1-2H3,(H,21,24)(H,22,26)/t15-/m1/s1. The van der Waals surface area contributed by atoms with Crippen molar-refractivity contribution in [3.63, 3.8) is 0 Å². The summed E-state index contributed by atoms with van der Waals surface area (Å²) >= 11 is 0. The maximum Gasteiger partial charge on any atom is 0.262 e. The van der Waals surface area contributed by atoms with Crippen LogP contribution in [0.4, 0.5) is 5.69 Å². The molecule has 1 aliphatic rings. The Kier molecular flexibility index (Phi) is 5.40. The van der Waals surface area contributed by atoms with Gasteiger partial charge in [0.15, 0.2) is 6.61 Å². The fraction of sp³-hybridized carbons (Fsp3) is 0.250. The van der Waals surface area contributed by atoms with Crippen molar-refractivity contribution in [3.8, 4) is 5.75 Å². The van der Waals surface area contributed by atoms with Crippen molar-refractivity contribution in [3.05, 3.63) is 59.7 Å². The van der Waals surface area contributed by atoms with Gasteiger partial charge in [0.1, 0.15) is 5.75 Å². The van der Waals surface area contributed by atoms with Gasteiger partial charge in [-0.05, 0) is 23.8 Å². The molecule has 0 unspecified atom stereocenters. The predicted octanol–water partition coefficient (Wildman–Crippen LogP) is 1.97. The Morgan fingerprint density at radius 3 is 2.63 bits per heavy atom. The molecule has 3 rings (SSSR count). The molecular weight excluding hydrogens is 346 g/mol. The van der Waals surface area contributed by atoms with Gasteiger partial charge in [0.05, 0.1) is 18.2 Å². The highest BCUT2D eigenvalue weighted by atomic mass is 16.5. The van der Waals surface area contributed by atoms with E-state index in [0.29, 0.717) is 17.0 Å². The maximum atomic E-state index is 12.8. The lowest BCUT2D eigenvalue weighted by Crippen LogP contribution is -2.33. The Bertz CT molecular complexity index is 865. The van der Waals surface area contributed by atoms with Crippen LogP contribution in [0.1, 0.15) is 28.4 Å². The number of nitrogens with one attached hydrogen (secondary N) is 2. The van der Waals surface area contributed by atoms with Crippen LogP contribution in [0.2, 0.25) is 0 Å². The number of hydrogen-bond acceptors (Lipinski definition) is 4. The number of amides is 3. The van der Waals surface area contributed by atoms with E-state index in [0.717, 1.165) is 5.56 Å². The number of benzene rings is 2. The summed E-state index contributed by atoms with van der Waals surface area (Å²) in [6.07, 6.45) is 0.146. The highest BCUT2D eigenvalue weighted by Crippen LogP contribution is 2.29. The minimum absolute atomic E-state index is 0.0404. The van der Waals surface area contributed by atoms with Crippen LogP contribution < -0.4 is 15.4 Å².